The van der Waals surface area contributed by atoms with E-state index < -0.39 is 5.97 Å². The summed E-state index contributed by atoms with van der Waals surface area (Å²) in [6, 6.07) is 5.09. The van der Waals surface area contributed by atoms with Crippen molar-refractivity contribution in [2.24, 2.45) is 5.92 Å². The number of rotatable bonds is 3. The van der Waals surface area contributed by atoms with Gasteiger partial charge in [-0.1, -0.05) is 6.92 Å². The van der Waals surface area contributed by atoms with E-state index in [1.54, 1.807) is 18.2 Å². The summed E-state index contributed by atoms with van der Waals surface area (Å²) >= 11 is 0. The highest BCUT2D eigenvalue weighted by atomic mass is 16.5. The third-order valence-corrected chi connectivity index (χ3v) is 2.68. The first-order valence-electron chi connectivity index (χ1n) is 5.09. The fraction of sp³-hybridized carbons (Fsp3) is 0.333. The fourth-order valence-corrected chi connectivity index (χ4v) is 1.90. The molecule has 1 aromatic carbocycles. The Kier molecular flexibility index (Phi) is 2.64. The van der Waals surface area contributed by atoms with Gasteiger partial charge in [0.25, 0.3) is 0 Å². The molecular formula is C12H12O4. The Morgan fingerprint density at radius 3 is 3.00 bits per heavy atom. The number of carboxylic acid groups (broad SMARTS) is 1. The minimum absolute atomic E-state index is 0.0183. The van der Waals surface area contributed by atoms with Gasteiger partial charge in [0.15, 0.2) is 12.4 Å². The van der Waals surface area contributed by atoms with Crippen LogP contribution in [-0.4, -0.2) is 23.5 Å². The Morgan fingerprint density at radius 2 is 2.31 bits per heavy atom. The molecule has 0 saturated heterocycles. The maximum Gasteiger partial charge on any atom is 0.341 e. The molecule has 1 N–H and O–H groups in total. The van der Waals surface area contributed by atoms with Crippen LogP contribution in [0.5, 0.6) is 5.75 Å². The van der Waals surface area contributed by atoms with Crippen LogP contribution in [0.1, 0.15) is 22.8 Å². The summed E-state index contributed by atoms with van der Waals surface area (Å²) in [6.45, 7) is 1.53. The molecule has 0 aliphatic heterocycles. The lowest BCUT2D eigenvalue weighted by Gasteiger charge is -2.04. The van der Waals surface area contributed by atoms with Gasteiger partial charge in [-0.2, -0.15) is 0 Å². The van der Waals surface area contributed by atoms with Crippen LogP contribution < -0.4 is 4.74 Å². The van der Waals surface area contributed by atoms with Crippen molar-refractivity contribution in [2.45, 2.75) is 13.3 Å². The van der Waals surface area contributed by atoms with E-state index in [0.717, 1.165) is 11.1 Å². The summed E-state index contributed by atoms with van der Waals surface area (Å²) in [7, 11) is 0. The number of carboxylic acids is 1. The third-order valence-electron chi connectivity index (χ3n) is 2.68. The van der Waals surface area contributed by atoms with Crippen molar-refractivity contribution < 1.29 is 19.4 Å². The van der Waals surface area contributed by atoms with Crippen molar-refractivity contribution in [2.75, 3.05) is 6.61 Å². The number of carbonyl (C=O) groups excluding carboxylic acids is 1. The molecule has 0 saturated carbocycles. The Labute approximate surface area is 92.8 Å². The van der Waals surface area contributed by atoms with E-state index in [2.05, 4.69) is 0 Å². The number of ether oxygens (including phenoxy) is 1. The van der Waals surface area contributed by atoms with Crippen molar-refractivity contribution in [3.63, 3.8) is 0 Å². The quantitative estimate of drug-likeness (QED) is 0.838. The number of carbonyl (C=O) groups is 2. The second kappa shape index (κ2) is 3.96. The van der Waals surface area contributed by atoms with E-state index in [4.69, 9.17) is 9.84 Å². The Morgan fingerprint density at radius 1 is 1.56 bits per heavy atom. The van der Waals surface area contributed by atoms with E-state index in [0.29, 0.717) is 12.2 Å². The molecule has 16 heavy (non-hydrogen) atoms. The predicted octanol–water partition coefficient (Wildman–Crippen LogP) is 1.52. The maximum absolute atomic E-state index is 11.6. The van der Waals surface area contributed by atoms with Gasteiger partial charge in [0.05, 0.1) is 0 Å². The van der Waals surface area contributed by atoms with Crippen molar-refractivity contribution >= 4 is 11.8 Å². The summed E-state index contributed by atoms with van der Waals surface area (Å²) in [5.41, 5.74) is 1.68. The van der Waals surface area contributed by atoms with Crippen LogP contribution >= 0.6 is 0 Å². The number of fused-ring (bicyclic) bond motifs is 1. The van der Waals surface area contributed by atoms with Gasteiger partial charge < -0.3 is 9.84 Å². The standard InChI is InChI=1S/C12H12O4/c1-7-4-8-5-9(16-6-11(13)14)2-3-10(8)12(7)15/h2-3,5,7H,4,6H2,1H3,(H,13,14)/t7-/m1/s1. The number of Topliss-reactive ketones (excluding diaryl/α,β-unsaturated/α-hetero) is 1. The van der Waals surface area contributed by atoms with Crippen molar-refractivity contribution in [1.82, 2.24) is 0 Å². The van der Waals surface area contributed by atoms with E-state index in [-0.39, 0.29) is 18.3 Å². The largest absolute Gasteiger partial charge is 0.482 e. The van der Waals surface area contributed by atoms with E-state index in [1.807, 2.05) is 6.92 Å². The molecule has 0 spiro atoms. The normalized spacial score (nSPS) is 18.3. The van der Waals surface area contributed by atoms with Crippen LogP contribution in [0.15, 0.2) is 18.2 Å². The fourth-order valence-electron chi connectivity index (χ4n) is 1.90. The molecule has 4 heteroatoms. The van der Waals surface area contributed by atoms with Gasteiger partial charge >= 0.3 is 5.97 Å². The first-order chi connectivity index (χ1) is 7.58. The molecule has 0 unspecified atom stereocenters. The molecule has 1 aromatic rings. The predicted molar refractivity (Wildman–Crippen MR) is 56.8 cm³/mol. The lowest BCUT2D eigenvalue weighted by Crippen LogP contribution is -2.09. The maximum atomic E-state index is 11.6. The number of benzene rings is 1. The zero-order valence-corrected chi connectivity index (χ0v) is 8.90. The third kappa shape index (κ3) is 1.91. The van der Waals surface area contributed by atoms with Gasteiger partial charge in [-0.05, 0) is 30.2 Å². The Hall–Kier alpha value is -1.84. The molecule has 0 amide bonds. The molecule has 0 aromatic heterocycles. The monoisotopic (exact) mass is 220 g/mol. The van der Waals surface area contributed by atoms with Crippen molar-refractivity contribution in [1.29, 1.82) is 0 Å². The Bertz CT molecular complexity index is 450. The van der Waals surface area contributed by atoms with Crippen LogP contribution in [0.4, 0.5) is 0 Å². The average molecular weight is 220 g/mol. The lowest BCUT2D eigenvalue weighted by molar-refractivity contribution is -0.139. The average Bonchev–Trinajstić information content (AvgIpc) is 2.52. The number of ketones is 1. The van der Waals surface area contributed by atoms with Crippen molar-refractivity contribution in [3.05, 3.63) is 29.3 Å². The molecule has 2 rings (SSSR count). The zero-order valence-electron chi connectivity index (χ0n) is 8.90. The molecule has 0 bridgehead atoms. The SMILES string of the molecule is C[C@@H]1Cc2cc(OCC(=O)O)ccc2C1=O. The molecule has 1 aliphatic carbocycles. The van der Waals surface area contributed by atoms with E-state index >= 15 is 0 Å². The van der Waals surface area contributed by atoms with E-state index in [1.165, 1.54) is 0 Å². The van der Waals surface area contributed by atoms with Gasteiger partial charge in [-0.25, -0.2) is 4.79 Å². The van der Waals surface area contributed by atoms with Crippen LogP contribution in [-0.2, 0) is 11.2 Å². The summed E-state index contributed by atoms with van der Waals surface area (Å²) in [5, 5.41) is 8.47. The second-order valence-electron chi connectivity index (χ2n) is 3.97. The second-order valence-corrected chi connectivity index (χ2v) is 3.97. The van der Waals surface area contributed by atoms with Crippen LogP contribution in [0, 0.1) is 5.92 Å². The molecule has 1 aliphatic rings. The summed E-state index contributed by atoms with van der Waals surface area (Å²) in [4.78, 5) is 22.0. The minimum Gasteiger partial charge on any atom is -0.482 e. The molecule has 0 radical (unpaired) electrons. The summed E-state index contributed by atoms with van der Waals surface area (Å²) < 4.78 is 5.05. The van der Waals surface area contributed by atoms with Crippen LogP contribution in [0.2, 0.25) is 0 Å². The van der Waals surface area contributed by atoms with Gasteiger partial charge in [-0.3, -0.25) is 4.79 Å². The highest BCUT2D eigenvalue weighted by Gasteiger charge is 2.26. The number of hydrogen-bond acceptors (Lipinski definition) is 3. The molecule has 4 nitrogen and oxygen atoms in total. The molecule has 84 valence electrons. The molecule has 0 heterocycles. The molecule has 1 atom stereocenters. The van der Waals surface area contributed by atoms with Crippen molar-refractivity contribution in [3.8, 4) is 5.75 Å². The van der Waals surface area contributed by atoms with Gasteiger partial charge in [-0.15, -0.1) is 0 Å². The zero-order chi connectivity index (χ0) is 11.7. The van der Waals surface area contributed by atoms with E-state index in [9.17, 15) is 9.59 Å². The van der Waals surface area contributed by atoms with Crippen LogP contribution in [0.25, 0.3) is 0 Å². The highest BCUT2D eigenvalue weighted by Crippen LogP contribution is 2.29. The topological polar surface area (TPSA) is 63.6 Å². The smallest absolute Gasteiger partial charge is 0.341 e. The van der Waals surface area contributed by atoms with Crippen LogP contribution in [0.3, 0.4) is 0 Å². The highest BCUT2D eigenvalue weighted by molar-refractivity contribution is 6.02. The molecule has 0 fully saturated rings. The number of hydrogen-bond donors (Lipinski definition) is 1. The molecular weight excluding hydrogens is 208 g/mol. The summed E-state index contributed by atoms with van der Waals surface area (Å²) in [6.07, 6.45) is 0.707. The minimum atomic E-state index is -1.01. The first-order valence-corrected chi connectivity index (χ1v) is 5.09. The lowest BCUT2D eigenvalue weighted by atomic mass is 10.1. The number of aliphatic carboxylic acids is 1. The first kappa shape index (κ1) is 10.7. The van der Waals surface area contributed by atoms with Gasteiger partial charge in [0.2, 0.25) is 0 Å². The van der Waals surface area contributed by atoms with Gasteiger partial charge in [0.1, 0.15) is 5.75 Å². The van der Waals surface area contributed by atoms with Gasteiger partial charge in [0, 0.05) is 11.5 Å². The summed E-state index contributed by atoms with van der Waals surface area (Å²) in [5.74, 6) is -0.336. The Balaban J connectivity index is 2.18.